The van der Waals surface area contributed by atoms with Crippen LogP contribution < -0.4 is 10.9 Å². The molecular formula is C24H20ClN3O2S. The minimum Gasteiger partial charge on any atom is -0.325 e. The second kappa shape index (κ2) is 8.96. The maximum Gasteiger partial charge on any atom is 0.266 e. The first kappa shape index (κ1) is 21.2. The number of hydrogen-bond acceptors (Lipinski definition) is 4. The number of aromatic nitrogens is 2. The lowest BCUT2D eigenvalue weighted by atomic mass is 10.1. The molecule has 1 heterocycles. The largest absolute Gasteiger partial charge is 0.325 e. The molecule has 0 atom stereocenters. The van der Waals surface area contributed by atoms with Crippen LogP contribution >= 0.6 is 23.4 Å². The van der Waals surface area contributed by atoms with Crippen LogP contribution in [0.2, 0.25) is 5.02 Å². The van der Waals surface area contributed by atoms with Crippen LogP contribution in [0.3, 0.4) is 0 Å². The standard InChI is InChI=1S/C24H20ClN3O2S/c1-15-10-11-16(2)21(12-15)26-22(29)14-31-24-27-20-9-4-3-8-19(20)23(30)28(24)18-7-5-6-17(25)13-18/h3-13H,14H2,1-2H3,(H,26,29). The van der Waals surface area contributed by atoms with E-state index in [9.17, 15) is 9.59 Å². The van der Waals surface area contributed by atoms with E-state index in [1.54, 1.807) is 42.5 Å². The summed E-state index contributed by atoms with van der Waals surface area (Å²) in [4.78, 5) is 30.5. The molecule has 0 fully saturated rings. The van der Waals surface area contributed by atoms with Crippen molar-refractivity contribution in [1.82, 2.24) is 9.55 Å². The number of halogens is 1. The van der Waals surface area contributed by atoms with Crippen molar-refractivity contribution in [1.29, 1.82) is 0 Å². The first-order chi connectivity index (χ1) is 14.9. The Bertz CT molecular complexity index is 1350. The third kappa shape index (κ3) is 4.65. The molecule has 156 valence electrons. The molecule has 1 aromatic heterocycles. The number of rotatable bonds is 5. The van der Waals surface area contributed by atoms with Gasteiger partial charge in [-0.25, -0.2) is 4.98 Å². The van der Waals surface area contributed by atoms with Gasteiger partial charge in [-0.2, -0.15) is 0 Å². The molecule has 3 aromatic carbocycles. The fourth-order valence-corrected chi connectivity index (χ4v) is 4.24. The Morgan fingerprint density at radius 3 is 2.68 bits per heavy atom. The Labute approximate surface area is 189 Å². The minimum atomic E-state index is -0.203. The van der Waals surface area contributed by atoms with Crippen LogP contribution in [0.1, 0.15) is 11.1 Å². The SMILES string of the molecule is Cc1ccc(C)c(NC(=O)CSc2nc3ccccc3c(=O)n2-c2cccc(Cl)c2)c1. The van der Waals surface area contributed by atoms with Gasteiger partial charge in [-0.15, -0.1) is 0 Å². The summed E-state index contributed by atoms with van der Waals surface area (Å²) in [6.07, 6.45) is 0. The number of carbonyl (C=O) groups excluding carboxylic acids is 1. The summed E-state index contributed by atoms with van der Waals surface area (Å²) in [6.45, 7) is 3.93. The van der Waals surface area contributed by atoms with Crippen LogP contribution in [-0.2, 0) is 4.79 Å². The van der Waals surface area contributed by atoms with Crippen LogP contribution in [0.15, 0.2) is 76.7 Å². The Balaban J connectivity index is 1.68. The molecule has 0 aliphatic carbocycles. The smallest absolute Gasteiger partial charge is 0.266 e. The van der Waals surface area contributed by atoms with Crippen LogP contribution in [0.25, 0.3) is 16.6 Å². The fraction of sp³-hybridized carbons (Fsp3) is 0.125. The van der Waals surface area contributed by atoms with Gasteiger partial charge in [0.1, 0.15) is 0 Å². The van der Waals surface area contributed by atoms with Gasteiger partial charge in [0.25, 0.3) is 5.56 Å². The highest BCUT2D eigenvalue weighted by Crippen LogP contribution is 2.24. The molecule has 5 nitrogen and oxygen atoms in total. The van der Waals surface area contributed by atoms with E-state index < -0.39 is 0 Å². The summed E-state index contributed by atoms with van der Waals surface area (Å²) in [5.74, 6) is -0.0580. The maximum atomic E-state index is 13.2. The Morgan fingerprint density at radius 2 is 1.87 bits per heavy atom. The van der Waals surface area contributed by atoms with Gasteiger partial charge < -0.3 is 5.32 Å². The molecule has 0 saturated heterocycles. The molecule has 0 bridgehead atoms. The van der Waals surface area contributed by atoms with Crippen molar-refractivity contribution in [3.05, 3.63) is 93.2 Å². The molecular weight excluding hydrogens is 430 g/mol. The van der Waals surface area contributed by atoms with Crippen molar-refractivity contribution in [2.75, 3.05) is 11.1 Å². The predicted octanol–water partition coefficient (Wildman–Crippen LogP) is 5.39. The van der Waals surface area contributed by atoms with Crippen molar-refractivity contribution >= 4 is 45.9 Å². The van der Waals surface area contributed by atoms with Crippen LogP contribution in [0, 0.1) is 13.8 Å². The zero-order valence-corrected chi connectivity index (χ0v) is 18.6. The topological polar surface area (TPSA) is 64.0 Å². The molecule has 4 rings (SSSR count). The van der Waals surface area contributed by atoms with Crippen molar-refractivity contribution in [2.24, 2.45) is 0 Å². The number of fused-ring (bicyclic) bond motifs is 1. The molecule has 4 aromatic rings. The molecule has 0 unspecified atom stereocenters. The van der Waals surface area contributed by atoms with Crippen LogP contribution in [0.4, 0.5) is 5.69 Å². The fourth-order valence-electron chi connectivity index (χ4n) is 3.24. The lowest BCUT2D eigenvalue weighted by Crippen LogP contribution is -2.23. The van der Waals surface area contributed by atoms with E-state index in [-0.39, 0.29) is 17.2 Å². The van der Waals surface area contributed by atoms with Crippen LogP contribution in [-0.4, -0.2) is 21.2 Å². The van der Waals surface area contributed by atoms with Crippen molar-refractivity contribution < 1.29 is 4.79 Å². The zero-order chi connectivity index (χ0) is 22.0. The van der Waals surface area contributed by atoms with E-state index in [1.807, 2.05) is 38.1 Å². The van der Waals surface area contributed by atoms with Gasteiger partial charge in [-0.1, -0.05) is 53.7 Å². The van der Waals surface area contributed by atoms with E-state index in [0.29, 0.717) is 26.8 Å². The lowest BCUT2D eigenvalue weighted by Gasteiger charge is -2.14. The number of hydrogen-bond donors (Lipinski definition) is 1. The van der Waals surface area contributed by atoms with Crippen molar-refractivity contribution in [2.45, 2.75) is 19.0 Å². The number of nitrogens with zero attached hydrogens (tertiary/aromatic N) is 2. The molecule has 0 spiro atoms. The number of para-hydroxylation sites is 1. The Kier molecular flexibility index (Phi) is 6.11. The number of benzene rings is 3. The second-order valence-electron chi connectivity index (χ2n) is 7.19. The highest BCUT2D eigenvalue weighted by atomic mass is 35.5. The Morgan fingerprint density at radius 1 is 1.06 bits per heavy atom. The summed E-state index contributed by atoms with van der Waals surface area (Å²) >= 11 is 7.37. The summed E-state index contributed by atoms with van der Waals surface area (Å²) in [7, 11) is 0. The third-order valence-corrected chi connectivity index (χ3v) is 5.98. The van der Waals surface area contributed by atoms with Gasteiger partial charge in [0.2, 0.25) is 5.91 Å². The van der Waals surface area contributed by atoms with Crippen molar-refractivity contribution in [3.63, 3.8) is 0 Å². The van der Waals surface area contributed by atoms with Gasteiger partial charge >= 0.3 is 0 Å². The molecule has 31 heavy (non-hydrogen) atoms. The predicted molar refractivity (Wildman–Crippen MR) is 128 cm³/mol. The molecule has 0 aliphatic rings. The summed E-state index contributed by atoms with van der Waals surface area (Å²) in [6, 6.07) is 20.1. The number of thioether (sulfide) groups is 1. The minimum absolute atomic E-state index is 0.110. The first-order valence-electron chi connectivity index (χ1n) is 9.70. The quantitative estimate of drug-likeness (QED) is 0.328. The third-order valence-electron chi connectivity index (χ3n) is 4.81. The van der Waals surface area contributed by atoms with Gasteiger partial charge in [0.15, 0.2) is 5.16 Å². The first-order valence-corrected chi connectivity index (χ1v) is 11.1. The molecule has 0 radical (unpaired) electrons. The monoisotopic (exact) mass is 449 g/mol. The number of amides is 1. The molecule has 0 saturated carbocycles. The van der Waals surface area contributed by atoms with E-state index in [2.05, 4.69) is 10.3 Å². The summed E-state index contributed by atoms with van der Waals surface area (Å²) in [5, 5.41) is 4.40. The van der Waals surface area contributed by atoms with Crippen molar-refractivity contribution in [3.8, 4) is 5.69 Å². The molecule has 1 amide bonds. The number of anilines is 1. The highest BCUT2D eigenvalue weighted by Gasteiger charge is 2.15. The van der Waals surface area contributed by atoms with E-state index in [0.717, 1.165) is 16.8 Å². The molecule has 1 N–H and O–H groups in total. The van der Waals surface area contributed by atoms with Crippen LogP contribution in [0.5, 0.6) is 0 Å². The molecule has 7 heteroatoms. The molecule has 0 aliphatic heterocycles. The summed E-state index contributed by atoms with van der Waals surface area (Å²) in [5.41, 5.74) is 3.83. The maximum absolute atomic E-state index is 13.2. The summed E-state index contributed by atoms with van der Waals surface area (Å²) < 4.78 is 1.50. The number of carbonyl (C=O) groups is 1. The zero-order valence-electron chi connectivity index (χ0n) is 17.1. The van der Waals surface area contributed by atoms with E-state index in [1.165, 1.54) is 16.3 Å². The Hall–Kier alpha value is -3.09. The van der Waals surface area contributed by atoms with E-state index >= 15 is 0 Å². The van der Waals surface area contributed by atoms with Gasteiger partial charge in [0, 0.05) is 10.7 Å². The second-order valence-corrected chi connectivity index (χ2v) is 8.57. The normalized spacial score (nSPS) is 10.9. The lowest BCUT2D eigenvalue weighted by molar-refractivity contribution is -0.113. The highest BCUT2D eigenvalue weighted by molar-refractivity contribution is 7.99. The van der Waals surface area contributed by atoms with Gasteiger partial charge in [-0.3, -0.25) is 14.2 Å². The van der Waals surface area contributed by atoms with Gasteiger partial charge in [0.05, 0.1) is 22.3 Å². The average molecular weight is 450 g/mol. The van der Waals surface area contributed by atoms with E-state index in [4.69, 9.17) is 11.6 Å². The number of aryl methyl sites for hydroxylation is 2. The number of nitrogens with one attached hydrogen (secondary N) is 1. The van der Waals surface area contributed by atoms with Gasteiger partial charge in [-0.05, 0) is 61.4 Å². The average Bonchev–Trinajstić information content (AvgIpc) is 2.75.